The van der Waals surface area contributed by atoms with E-state index in [-0.39, 0.29) is 67.0 Å². The number of rotatable bonds is 4. The van der Waals surface area contributed by atoms with Crippen LogP contribution in [0.4, 0.5) is 0 Å². The van der Waals surface area contributed by atoms with Crippen LogP contribution < -0.4 is 16.1 Å². The molecule has 1 heterocycles. The third-order valence-corrected chi connectivity index (χ3v) is 8.35. The Hall–Kier alpha value is -5.05. The summed E-state index contributed by atoms with van der Waals surface area (Å²) in [4.78, 5) is 40.0. The lowest BCUT2D eigenvalue weighted by molar-refractivity contribution is 0.0951. The molecule has 208 valence electrons. The number of hydrogen-bond acceptors (Lipinski definition) is 9. The molecule has 4 aromatic carbocycles. The van der Waals surface area contributed by atoms with Crippen molar-refractivity contribution in [3.8, 4) is 23.0 Å². The Labute approximate surface area is 231 Å². The summed E-state index contributed by atoms with van der Waals surface area (Å²) in [5.41, 5.74) is 0.000694. The zero-order valence-corrected chi connectivity index (χ0v) is 22.3. The van der Waals surface area contributed by atoms with E-state index in [1.807, 2.05) is 0 Å². The summed E-state index contributed by atoms with van der Waals surface area (Å²) in [6, 6.07) is 9.76. The summed E-state index contributed by atoms with van der Waals surface area (Å²) >= 11 is 0. The Morgan fingerprint density at radius 2 is 1.51 bits per heavy atom. The molecule has 1 aromatic heterocycles. The van der Waals surface area contributed by atoms with Crippen molar-refractivity contribution in [3.05, 3.63) is 84.8 Å². The van der Waals surface area contributed by atoms with Crippen LogP contribution in [0, 0.1) is 5.92 Å². The first-order valence-electron chi connectivity index (χ1n) is 13.1. The number of carbonyl (C=O) groups is 1. The molecule has 0 radical (unpaired) electrons. The van der Waals surface area contributed by atoms with E-state index in [0.29, 0.717) is 10.9 Å². The molecule has 3 atom stereocenters. The highest BCUT2D eigenvalue weighted by atomic mass is 16.3. The average molecular weight is 555 g/mol. The van der Waals surface area contributed by atoms with E-state index in [1.54, 1.807) is 19.9 Å². The van der Waals surface area contributed by atoms with Crippen molar-refractivity contribution in [1.82, 2.24) is 0 Å². The van der Waals surface area contributed by atoms with Crippen molar-refractivity contribution in [3.63, 3.8) is 0 Å². The van der Waals surface area contributed by atoms with Crippen LogP contribution in [0.2, 0.25) is 0 Å². The highest BCUT2D eigenvalue weighted by molar-refractivity contribution is 6.16. The van der Waals surface area contributed by atoms with Crippen molar-refractivity contribution < 1.29 is 34.7 Å². The molecule has 5 N–H and O–H groups in total. The van der Waals surface area contributed by atoms with Crippen LogP contribution in [-0.2, 0) is 0 Å². The second-order valence-corrected chi connectivity index (χ2v) is 10.8. The van der Waals surface area contributed by atoms with Crippen LogP contribution in [0.3, 0.4) is 0 Å². The molecule has 0 fully saturated rings. The molecular weight excluding hydrogens is 528 g/mol. The van der Waals surface area contributed by atoms with E-state index in [4.69, 9.17) is 4.42 Å². The van der Waals surface area contributed by atoms with Crippen molar-refractivity contribution in [2.45, 2.75) is 39.0 Å². The van der Waals surface area contributed by atoms with Gasteiger partial charge in [0.05, 0.1) is 16.0 Å². The number of carbonyl (C=O) groups excluding carboxylic acids is 1. The second kappa shape index (κ2) is 8.99. The first-order valence-corrected chi connectivity index (χ1v) is 13.1. The van der Waals surface area contributed by atoms with Crippen LogP contribution >= 0.6 is 0 Å². The summed E-state index contributed by atoms with van der Waals surface area (Å²) in [5.74, 6) is -4.42. The summed E-state index contributed by atoms with van der Waals surface area (Å²) in [6.07, 6.45) is -0.148. The fourth-order valence-electron chi connectivity index (χ4n) is 6.74. The number of aliphatic hydroxyl groups is 1. The average Bonchev–Trinajstić information content (AvgIpc) is 2.87. The fraction of sp³-hybridized carbons (Fsp3) is 0.219. The first kappa shape index (κ1) is 26.2. The van der Waals surface area contributed by atoms with Crippen LogP contribution in [0.15, 0.2) is 56.5 Å². The SMILES string of the molecule is C/C(O)=c1/c(O)c2c3c(c1O)c(=O)cc1oc4cccc(=O)c4c(c13)[C@H]([C@H](C)CC(=O)c1c(O)cccc1O)[C@H]2C. The third kappa shape index (κ3) is 3.58. The van der Waals surface area contributed by atoms with Gasteiger partial charge in [0.25, 0.3) is 0 Å². The van der Waals surface area contributed by atoms with Gasteiger partial charge < -0.3 is 29.9 Å². The zero-order chi connectivity index (χ0) is 29.5. The van der Waals surface area contributed by atoms with E-state index >= 15 is 0 Å². The Bertz CT molecular complexity index is 2120. The molecule has 6 rings (SSSR count). The van der Waals surface area contributed by atoms with Crippen molar-refractivity contribution in [1.29, 1.82) is 0 Å². The highest BCUT2D eigenvalue weighted by Gasteiger charge is 2.40. The van der Waals surface area contributed by atoms with Gasteiger partial charge in [-0.1, -0.05) is 26.0 Å². The quantitative estimate of drug-likeness (QED) is 0.119. The molecule has 9 nitrogen and oxygen atoms in total. The maximum absolute atomic E-state index is 13.4. The Kier molecular flexibility index (Phi) is 5.74. The smallest absolute Gasteiger partial charge is 0.193 e. The van der Waals surface area contributed by atoms with Gasteiger partial charge in [-0.25, -0.2) is 0 Å². The number of phenolic OH excluding ortho intramolecular Hbond substituents is 4. The topological polar surface area (TPSA) is 165 Å². The summed E-state index contributed by atoms with van der Waals surface area (Å²) < 4.78 is 6.04. The van der Waals surface area contributed by atoms with E-state index < -0.39 is 46.2 Å². The van der Waals surface area contributed by atoms with Crippen molar-refractivity contribution >= 4 is 44.3 Å². The highest BCUT2D eigenvalue weighted by Crippen LogP contribution is 2.54. The number of aliphatic hydroxyl groups excluding tert-OH is 1. The molecule has 0 saturated carbocycles. The predicted octanol–water partition coefficient (Wildman–Crippen LogP) is 4.80. The number of aromatic hydroxyl groups is 4. The maximum Gasteiger partial charge on any atom is 0.193 e. The number of ketones is 1. The van der Waals surface area contributed by atoms with E-state index in [2.05, 4.69) is 0 Å². The standard InChI is InChI=1S/C32H26O9/c1-12(10-18(37)25-15(34)6-4-7-16(25)35)22-13(2)23-30-27(32(40)24(14(3)33)31(23)39)19(38)11-21-28(30)29(22)26-17(36)8-5-9-20(26)41-21/h4-9,11-13,22,33-35,39-40H,10H2,1-3H3/b24-14+/t12-,13-,22-/m1/s1. The minimum atomic E-state index is -0.625. The van der Waals surface area contributed by atoms with Crippen molar-refractivity contribution in [2.24, 2.45) is 5.92 Å². The van der Waals surface area contributed by atoms with Crippen LogP contribution in [0.1, 0.15) is 60.5 Å². The van der Waals surface area contributed by atoms with Gasteiger partial charge in [0, 0.05) is 28.8 Å². The molecule has 0 aliphatic heterocycles. The maximum atomic E-state index is 13.4. The molecule has 41 heavy (non-hydrogen) atoms. The molecule has 0 amide bonds. The Balaban J connectivity index is 1.74. The number of hydrogen-bond donors (Lipinski definition) is 5. The second-order valence-electron chi connectivity index (χ2n) is 10.8. The van der Waals surface area contributed by atoms with Crippen LogP contribution in [0.5, 0.6) is 23.0 Å². The molecule has 5 aromatic rings. The van der Waals surface area contributed by atoms with E-state index in [0.717, 1.165) is 0 Å². The molecule has 0 unspecified atom stereocenters. The lowest BCUT2D eigenvalue weighted by atomic mass is 9.67. The molecule has 1 aliphatic carbocycles. The molecule has 0 bridgehead atoms. The summed E-state index contributed by atoms with van der Waals surface area (Å²) in [5, 5.41) is 53.9. The van der Waals surface area contributed by atoms with Gasteiger partial charge in [-0.15, -0.1) is 0 Å². The first-order chi connectivity index (χ1) is 19.4. The van der Waals surface area contributed by atoms with Gasteiger partial charge >= 0.3 is 0 Å². The van der Waals surface area contributed by atoms with Gasteiger partial charge in [-0.2, -0.15) is 0 Å². The monoisotopic (exact) mass is 554 g/mol. The van der Waals surface area contributed by atoms with Crippen molar-refractivity contribution in [2.75, 3.05) is 0 Å². The van der Waals surface area contributed by atoms with Gasteiger partial charge in [0.15, 0.2) is 16.6 Å². The summed E-state index contributed by atoms with van der Waals surface area (Å²) in [6.45, 7) is 4.85. The van der Waals surface area contributed by atoms with Gasteiger partial charge in [0.2, 0.25) is 0 Å². The molecular formula is C32H26O9. The van der Waals surface area contributed by atoms with Gasteiger partial charge in [0.1, 0.15) is 45.5 Å². The van der Waals surface area contributed by atoms with E-state index in [9.17, 15) is 39.9 Å². The van der Waals surface area contributed by atoms with Gasteiger partial charge in [-0.3, -0.25) is 14.4 Å². The number of phenols is 4. The zero-order valence-electron chi connectivity index (χ0n) is 22.3. The Morgan fingerprint density at radius 1 is 0.854 bits per heavy atom. The molecule has 1 aliphatic rings. The molecule has 0 saturated heterocycles. The normalized spacial score (nSPS) is 17.8. The number of Topliss-reactive ketones (excluding diaryl/α,β-unsaturated/α-hetero) is 1. The molecule has 0 spiro atoms. The third-order valence-electron chi connectivity index (χ3n) is 8.35. The minimum Gasteiger partial charge on any atom is -0.512 e. The van der Waals surface area contributed by atoms with Crippen LogP contribution in [-0.4, -0.2) is 31.3 Å². The fourth-order valence-corrected chi connectivity index (χ4v) is 6.74. The molecule has 9 heteroatoms. The van der Waals surface area contributed by atoms with Gasteiger partial charge in [-0.05, 0) is 54.5 Å². The van der Waals surface area contributed by atoms with E-state index in [1.165, 1.54) is 43.3 Å². The lowest BCUT2D eigenvalue weighted by Crippen LogP contribution is -2.26. The largest absolute Gasteiger partial charge is 0.512 e. The predicted molar refractivity (Wildman–Crippen MR) is 153 cm³/mol. The lowest BCUT2D eigenvalue weighted by Gasteiger charge is -2.36. The Morgan fingerprint density at radius 3 is 2.17 bits per heavy atom. The van der Waals surface area contributed by atoms with Crippen LogP contribution in [0.25, 0.3) is 38.5 Å². The minimum absolute atomic E-state index is 0.124. The summed E-state index contributed by atoms with van der Waals surface area (Å²) in [7, 11) is 0. The number of benzene rings is 4. The number of fused-ring (bicyclic) bond motifs is 2.